The van der Waals surface area contributed by atoms with Gasteiger partial charge in [-0.1, -0.05) is 11.6 Å². The minimum Gasteiger partial charge on any atom is -0.380 e. The first-order valence-electron chi connectivity index (χ1n) is 14.1. The Labute approximate surface area is 244 Å². The van der Waals surface area contributed by atoms with E-state index in [2.05, 4.69) is 39.3 Å². The largest absolute Gasteiger partial charge is 0.380 e. The van der Waals surface area contributed by atoms with E-state index in [0.717, 1.165) is 32.4 Å². The number of carbonyl (C=O) groups is 3. The minimum atomic E-state index is -0.372. The number of hydrogen-bond acceptors (Lipinski definition) is 7. The number of nitrogens with one attached hydrogen (secondary N) is 2. The normalized spacial score (nSPS) is 17.0. The van der Waals surface area contributed by atoms with Crippen LogP contribution in [0.1, 0.15) is 54.1 Å². The Morgan fingerprint density at radius 3 is 2.61 bits per heavy atom. The minimum absolute atomic E-state index is 0.0141. The highest BCUT2D eigenvalue weighted by molar-refractivity contribution is 6.30. The van der Waals surface area contributed by atoms with E-state index in [1.807, 2.05) is 0 Å². The fourth-order valence-electron chi connectivity index (χ4n) is 5.31. The second kappa shape index (κ2) is 13.0. The van der Waals surface area contributed by atoms with Crippen molar-refractivity contribution in [3.8, 4) is 0 Å². The van der Waals surface area contributed by atoms with Gasteiger partial charge < -0.3 is 29.7 Å². The van der Waals surface area contributed by atoms with Crippen LogP contribution in [0.15, 0.2) is 36.5 Å². The van der Waals surface area contributed by atoms with E-state index in [0.29, 0.717) is 59.8 Å². The van der Waals surface area contributed by atoms with Crippen LogP contribution in [0.2, 0.25) is 5.02 Å². The van der Waals surface area contributed by atoms with Crippen LogP contribution < -0.4 is 10.6 Å². The summed E-state index contributed by atoms with van der Waals surface area (Å²) in [5, 5.41) is 6.33. The first kappa shape index (κ1) is 29.0. The Bertz CT molecular complexity index is 1390. The van der Waals surface area contributed by atoms with Gasteiger partial charge in [-0.15, -0.1) is 0 Å². The predicted octanol–water partition coefficient (Wildman–Crippen LogP) is 3.19. The quantitative estimate of drug-likeness (QED) is 0.439. The Balaban J connectivity index is 1.40. The molecular formula is C29H36ClN7O4. The van der Waals surface area contributed by atoms with Gasteiger partial charge in [0.2, 0.25) is 11.7 Å². The standard InChI is InChI=1S/C29H36ClN7O4/c1-19(2)35-11-8-22(9-12-35)32-28(39)27-33-23-16-20(29(40)36-10-3-14-41-15-13-36)4-6-24(23)37(27)18-26(38)34-25-7-5-21(30)17-31-25/h4-7,16-17,19,22H,3,8-15,18H2,1-2H3,(H,32,39)(H,31,34,38). The van der Waals surface area contributed by atoms with Gasteiger partial charge in [-0.3, -0.25) is 14.4 Å². The third kappa shape index (κ3) is 7.03. The first-order chi connectivity index (χ1) is 19.8. The SMILES string of the molecule is CC(C)N1CCC(NC(=O)c2nc3cc(C(=O)N4CCCOCC4)ccc3n2CC(=O)Nc2ccc(Cl)cn2)CC1. The molecule has 12 heteroatoms. The lowest BCUT2D eigenvalue weighted by Crippen LogP contribution is -2.47. The second-order valence-corrected chi connectivity index (χ2v) is 11.2. The average Bonchev–Trinajstić information content (AvgIpc) is 3.11. The molecule has 2 aliphatic heterocycles. The van der Waals surface area contributed by atoms with E-state index in [9.17, 15) is 14.4 Å². The van der Waals surface area contributed by atoms with Crippen LogP contribution in [0.4, 0.5) is 5.82 Å². The van der Waals surface area contributed by atoms with Gasteiger partial charge in [-0.2, -0.15) is 0 Å². The van der Waals surface area contributed by atoms with Crippen molar-refractivity contribution in [2.45, 2.75) is 51.7 Å². The number of carbonyl (C=O) groups excluding carboxylic acids is 3. The van der Waals surface area contributed by atoms with Gasteiger partial charge >= 0.3 is 0 Å². The summed E-state index contributed by atoms with van der Waals surface area (Å²) >= 11 is 5.91. The molecule has 4 heterocycles. The second-order valence-electron chi connectivity index (χ2n) is 10.8. The summed E-state index contributed by atoms with van der Waals surface area (Å²) in [6, 6.07) is 8.87. The molecule has 2 N–H and O–H groups in total. The lowest BCUT2D eigenvalue weighted by atomic mass is 10.0. The van der Waals surface area contributed by atoms with Gasteiger partial charge in [-0.25, -0.2) is 9.97 Å². The van der Waals surface area contributed by atoms with Crippen LogP contribution >= 0.6 is 11.6 Å². The van der Waals surface area contributed by atoms with Crippen molar-refractivity contribution >= 4 is 46.2 Å². The predicted molar refractivity (Wildman–Crippen MR) is 156 cm³/mol. The van der Waals surface area contributed by atoms with Gasteiger partial charge in [0, 0.05) is 56.6 Å². The van der Waals surface area contributed by atoms with Crippen molar-refractivity contribution in [3.63, 3.8) is 0 Å². The number of fused-ring (bicyclic) bond motifs is 1. The molecule has 2 aromatic heterocycles. The van der Waals surface area contributed by atoms with E-state index in [4.69, 9.17) is 16.3 Å². The summed E-state index contributed by atoms with van der Waals surface area (Å²) in [7, 11) is 0. The number of amides is 3. The van der Waals surface area contributed by atoms with Crippen LogP contribution in [0.25, 0.3) is 11.0 Å². The highest BCUT2D eigenvalue weighted by Gasteiger charge is 2.27. The average molecular weight is 582 g/mol. The Kier molecular flexibility index (Phi) is 9.16. The number of imidazole rings is 1. The molecule has 2 saturated heterocycles. The molecule has 0 bridgehead atoms. The molecule has 218 valence electrons. The van der Waals surface area contributed by atoms with Crippen LogP contribution in [0.5, 0.6) is 0 Å². The third-order valence-electron chi connectivity index (χ3n) is 7.60. The zero-order valence-electron chi connectivity index (χ0n) is 23.4. The van der Waals surface area contributed by atoms with Gasteiger partial charge in [0.15, 0.2) is 0 Å². The Morgan fingerprint density at radius 1 is 1.07 bits per heavy atom. The Morgan fingerprint density at radius 2 is 1.88 bits per heavy atom. The molecule has 1 aromatic carbocycles. The molecule has 0 atom stereocenters. The molecule has 0 saturated carbocycles. The van der Waals surface area contributed by atoms with Gasteiger partial charge in [0.05, 0.1) is 22.7 Å². The van der Waals surface area contributed by atoms with E-state index >= 15 is 0 Å². The smallest absolute Gasteiger partial charge is 0.287 e. The number of aromatic nitrogens is 3. The summed E-state index contributed by atoms with van der Waals surface area (Å²) in [5.41, 5.74) is 1.53. The van der Waals surface area contributed by atoms with E-state index in [-0.39, 0.29) is 36.1 Å². The van der Waals surface area contributed by atoms with Gasteiger partial charge in [0.1, 0.15) is 12.4 Å². The topological polar surface area (TPSA) is 122 Å². The van der Waals surface area contributed by atoms with Crippen molar-refractivity contribution in [2.24, 2.45) is 0 Å². The number of pyridine rings is 1. The molecule has 0 spiro atoms. The highest BCUT2D eigenvalue weighted by atomic mass is 35.5. The number of likely N-dealkylation sites (tertiary alicyclic amines) is 1. The molecule has 2 fully saturated rings. The molecule has 41 heavy (non-hydrogen) atoms. The zero-order valence-corrected chi connectivity index (χ0v) is 24.2. The number of benzene rings is 1. The maximum Gasteiger partial charge on any atom is 0.287 e. The number of anilines is 1. The van der Waals surface area contributed by atoms with Crippen LogP contribution in [-0.4, -0.2) is 93.5 Å². The number of hydrogen-bond donors (Lipinski definition) is 2. The fraction of sp³-hybridized carbons (Fsp3) is 0.483. The van der Waals surface area contributed by atoms with Crippen molar-refractivity contribution in [1.82, 2.24) is 29.7 Å². The van der Waals surface area contributed by atoms with E-state index in [1.54, 1.807) is 39.8 Å². The summed E-state index contributed by atoms with van der Waals surface area (Å²) in [4.78, 5) is 52.7. The first-order valence-corrected chi connectivity index (χ1v) is 14.5. The summed E-state index contributed by atoms with van der Waals surface area (Å²) in [6.45, 7) is 8.27. The lowest BCUT2D eigenvalue weighted by Gasteiger charge is -2.34. The number of ether oxygens (including phenoxy) is 1. The van der Waals surface area contributed by atoms with E-state index < -0.39 is 0 Å². The molecule has 2 aliphatic rings. The maximum atomic E-state index is 13.5. The van der Waals surface area contributed by atoms with Gasteiger partial charge in [-0.05, 0) is 63.4 Å². The molecule has 5 rings (SSSR count). The van der Waals surface area contributed by atoms with Crippen molar-refractivity contribution in [1.29, 1.82) is 0 Å². The number of halogens is 1. The van der Waals surface area contributed by atoms with E-state index in [1.165, 1.54) is 6.20 Å². The summed E-state index contributed by atoms with van der Waals surface area (Å²) < 4.78 is 7.08. The molecule has 0 unspecified atom stereocenters. The molecule has 0 aliphatic carbocycles. The van der Waals surface area contributed by atoms with Crippen molar-refractivity contribution < 1.29 is 19.1 Å². The van der Waals surface area contributed by atoms with Crippen LogP contribution in [0, 0.1) is 0 Å². The molecule has 3 aromatic rings. The van der Waals surface area contributed by atoms with Crippen molar-refractivity contribution in [2.75, 3.05) is 44.7 Å². The third-order valence-corrected chi connectivity index (χ3v) is 7.82. The van der Waals surface area contributed by atoms with Crippen LogP contribution in [-0.2, 0) is 16.1 Å². The molecule has 3 amide bonds. The number of piperidine rings is 1. The number of rotatable bonds is 7. The molecule has 0 radical (unpaired) electrons. The Hall–Kier alpha value is -3.54. The monoisotopic (exact) mass is 581 g/mol. The fourth-order valence-corrected chi connectivity index (χ4v) is 5.43. The van der Waals surface area contributed by atoms with Crippen molar-refractivity contribution in [3.05, 3.63) is 52.9 Å². The highest BCUT2D eigenvalue weighted by Crippen LogP contribution is 2.21. The maximum absolute atomic E-state index is 13.5. The summed E-state index contributed by atoms with van der Waals surface area (Å²) in [5.74, 6) is -0.358. The lowest BCUT2D eigenvalue weighted by molar-refractivity contribution is -0.116. The number of nitrogens with zero attached hydrogens (tertiary/aromatic N) is 5. The molecule has 11 nitrogen and oxygen atoms in total. The zero-order chi connectivity index (χ0) is 28.9. The van der Waals surface area contributed by atoms with Gasteiger partial charge in [0.25, 0.3) is 11.8 Å². The van der Waals surface area contributed by atoms with Crippen LogP contribution in [0.3, 0.4) is 0 Å². The molecular weight excluding hydrogens is 546 g/mol. The summed E-state index contributed by atoms with van der Waals surface area (Å²) in [6.07, 6.45) is 3.90.